The van der Waals surface area contributed by atoms with E-state index in [0.29, 0.717) is 12.5 Å². The van der Waals surface area contributed by atoms with Gasteiger partial charge in [0, 0.05) is 30.5 Å². The van der Waals surface area contributed by atoms with E-state index in [1.807, 2.05) is 23.1 Å². The van der Waals surface area contributed by atoms with Gasteiger partial charge in [0.05, 0.1) is 0 Å². The van der Waals surface area contributed by atoms with E-state index in [1.54, 1.807) is 0 Å². The van der Waals surface area contributed by atoms with E-state index in [1.165, 1.54) is 18.4 Å². The van der Waals surface area contributed by atoms with Gasteiger partial charge >= 0.3 is 0 Å². The van der Waals surface area contributed by atoms with Crippen LogP contribution in [0.1, 0.15) is 44.1 Å². The van der Waals surface area contributed by atoms with Crippen LogP contribution in [0.25, 0.3) is 0 Å². The van der Waals surface area contributed by atoms with Gasteiger partial charge in [-0.25, -0.2) is 0 Å². The van der Waals surface area contributed by atoms with Gasteiger partial charge in [-0.3, -0.25) is 4.79 Å². The number of nitrogens with two attached hydrogens (primary N) is 1. The molecule has 0 radical (unpaired) electrons. The molecular weight excluding hydrogens is 248 g/mol. The van der Waals surface area contributed by atoms with Crippen LogP contribution in [0, 0.1) is 5.41 Å². The summed E-state index contributed by atoms with van der Waals surface area (Å²) in [6, 6.07) is 10.4. The molecule has 2 fully saturated rings. The fraction of sp³-hybridized carbons (Fsp3) is 0.588. The van der Waals surface area contributed by atoms with E-state index in [9.17, 15) is 4.79 Å². The van der Waals surface area contributed by atoms with E-state index >= 15 is 0 Å². The van der Waals surface area contributed by atoms with Gasteiger partial charge in [-0.2, -0.15) is 0 Å². The first-order valence-corrected chi connectivity index (χ1v) is 7.70. The number of amides is 1. The van der Waals surface area contributed by atoms with Gasteiger partial charge in [0.15, 0.2) is 0 Å². The van der Waals surface area contributed by atoms with Crippen molar-refractivity contribution >= 4 is 5.91 Å². The molecule has 2 atom stereocenters. The van der Waals surface area contributed by atoms with E-state index < -0.39 is 0 Å². The molecule has 1 saturated carbocycles. The van der Waals surface area contributed by atoms with Crippen molar-refractivity contribution in [2.75, 3.05) is 13.1 Å². The Morgan fingerprint density at radius 1 is 1.20 bits per heavy atom. The van der Waals surface area contributed by atoms with E-state index in [2.05, 4.69) is 19.1 Å². The number of carbonyl (C=O) groups excluding carboxylic acids is 1. The van der Waals surface area contributed by atoms with Crippen LogP contribution in [0.3, 0.4) is 0 Å². The first kappa shape index (κ1) is 13.6. The molecule has 3 nitrogen and oxygen atoms in total. The number of rotatable bonds is 2. The fourth-order valence-electron chi connectivity index (χ4n) is 3.80. The average molecular weight is 272 g/mol. The second-order valence-electron chi connectivity index (χ2n) is 6.66. The third kappa shape index (κ3) is 2.35. The molecule has 0 aromatic heterocycles. The summed E-state index contributed by atoms with van der Waals surface area (Å²) in [7, 11) is 0. The van der Waals surface area contributed by atoms with Crippen molar-refractivity contribution in [2.45, 2.75) is 44.6 Å². The van der Waals surface area contributed by atoms with Gasteiger partial charge in [0.1, 0.15) is 0 Å². The van der Waals surface area contributed by atoms with Crippen molar-refractivity contribution in [1.29, 1.82) is 0 Å². The van der Waals surface area contributed by atoms with Crippen LogP contribution in [0.5, 0.6) is 0 Å². The largest absolute Gasteiger partial charge is 0.340 e. The third-order valence-electron chi connectivity index (χ3n) is 5.10. The molecule has 1 aliphatic heterocycles. The molecule has 1 aliphatic carbocycles. The molecule has 1 saturated heterocycles. The van der Waals surface area contributed by atoms with Crippen molar-refractivity contribution in [3.8, 4) is 0 Å². The zero-order valence-electron chi connectivity index (χ0n) is 12.2. The lowest BCUT2D eigenvalue weighted by molar-refractivity contribution is -0.139. The molecule has 108 valence electrons. The topological polar surface area (TPSA) is 46.3 Å². The van der Waals surface area contributed by atoms with Gasteiger partial charge in [-0.15, -0.1) is 0 Å². The molecule has 2 N–H and O–H groups in total. The molecule has 3 heteroatoms. The maximum atomic E-state index is 12.8. The van der Waals surface area contributed by atoms with Crippen molar-refractivity contribution in [1.82, 2.24) is 4.90 Å². The lowest BCUT2D eigenvalue weighted by Gasteiger charge is -2.28. The molecule has 1 amide bonds. The maximum absolute atomic E-state index is 12.8. The predicted octanol–water partition coefficient (Wildman–Crippen LogP) is 2.52. The molecule has 0 bridgehead atoms. The van der Waals surface area contributed by atoms with Gasteiger partial charge in [-0.05, 0) is 18.4 Å². The highest BCUT2D eigenvalue weighted by Crippen LogP contribution is 2.40. The summed E-state index contributed by atoms with van der Waals surface area (Å²) in [6.45, 7) is 3.61. The van der Waals surface area contributed by atoms with Crippen molar-refractivity contribution in [3.05, 3.63) is 35.9 Å². The summed E-state index contributed by atoms with van der Waals surface area (Å²) in [4.78, 5) is 14.8. The number of hydrogen-bond acceptors (Lipinski definition) is 2. The lowest BCUT2D eigenvalue weighted by atomic mass is 9.87. The minimum Gasteiger partial charge on any atom is -0.340 e. The first-order chi connectivity index (χ1) is 9.60. The van der Waals surface area contributed by atoms with Crippen molar-refractivity contribution in [3.63, 3.8) is 0 Å². The summed E-state index contributed by atoms with van der Waals surface area (Å²) >= 11 is 0. The van der Waals surface area contributed by atoms with Gasteiger partial charge in [0.25, 0.3) is 0 Å². The van der Waals surface area contributed by atoms with Crippen LogP contribution < -0.4 is 5.73 Å². The predicted molar refractivity (Wildman–Crippen MR) is 80.3 cm³/mol. The number of benzene rings is 1. The fourth-order valence-corrected chi connectivity index (χ4v) is 3.80. The Morgan fingerprint density at radius 2 is 1.85 bits per heavy atom. The Kier molecular flexibility index (Phi) is 3.55. The smallest absolute Gasteiger partial charge is 0.228 e. The Labute approximate surface area is 121 Å². The summed E-state index contributed by atoms with van der Waals surface area (Å²) < 4.78 is 0. The molecule has 1 aromatic rings. The average Bonchev–Trinajstić information content (AvgIpc) is 3.06. The van der Waals surface area contributed by atoms with Crippen LogP contribution in [0.2, 0.25) is 0 Å². The van der Waals surface area contributed by atoms with Gasteiger partial charge in [-0.1, -0.05) is 50.1 Å². The Morgan fingerprint density at radius 3 is 2.50 bits per heavy atom. The highest BCUT2D eigenvalue weighted by Gasteiger charge is 2.43. The minimum atomic E-state index is -0.134. The quantitative estimate of drug-likeness (QED) is 0.899. The van der Waals surface area contributed by atoms with Gasteiger partial charge in [0.2, 0.25) is 5.91 Å². The monoisotopic (exact) mass is 272 g/mol. The zero-order valence-corrected chi connectivity index (χ0v) is 12.2. The summed E-state index contributed by atoms with van der Waals surface area (Å²) in [5, 5.41) is 0. The van der Waals surface area contributed by atoms with E-state index in [4.69, 9.17) is 5.73 Å². The highest BCUT2D eigenvalue weighted by molar-refractivity contribution is 5.83. The molecule has 0 unspecified atom stereocenters. The Balaban J connectivity index is 1.73. The third-order valence-corrected chi connectivity index (χ3v) is 5.10. The minimum absolute atomic E-state index is 0.0614. The molecule has 1 heterocycles. The lowest BCUT2D eigenvalue weighted by Crippen LogP contribution is -2.40. The number of hydrogen-bond donors (Lipinski definition) is 1. The molecule has 20 heavy (non-hydrogen) atoms. The number of likely N-dealkylation sites (tertiary alicyclic amines) is 1. The van der Waals surface area contributed by atoms with E-state index in [-0.39, 0.29) is 17.4 Å². The summed E-state index contributed by atoms with van der Waals surface area (Å²) in [5.41, 5.74) is 7.41. The van der Waals surface area contributed by atoms with Crippen LogP contribution in [-0.4, -0.2) is 29.9 Å². The summed E-state index contributed by atoms with van der Waals surface area (Å²) in [6.07, 6.45) is 4.44. The number of carbonyl (C=O) groups is 1. The first-order valence-electron chi connectivity index (χ1n) is 7.70. The molecule has 0 spiro atoms. The Hall–Kier alpha value is -1.35. The Bertz CT molecular complexity index is 479. The highest BCUT2D eigenvalue weighted by atomic mass is 16.2. The number of nitrogens with zero attached hydrogens (tertiary/aromatic N) is 1. The van der Waals surface area contributed by atoms with Crippen molar-refractivity contribution in [2.24, 2.45) is 11.1 Å². The van der Waals surface area contributed by atoms with Gasteiger partial charge < -0.3 is 10.6 Å². The zero-order chi connectivity index (χ0) is 14.2. The van der Waals surface area contributed by atoms with Crippen LogP contribution in [0.15, 0.2) is 30.3 Å². The molecule has 2 aliphatic rings. The normalized spacial score (nSPS) is 28.8. The summed E-state index contributed by atoms with van der Waals surface area (Å²) in [5.74, 6) is 0.606. The molecule has 3 rings (SSSR count). The standard InChI is InChI=1S/C17H24N2O/c1-17(9-5-6-10-17)16(20)19-11-14(15(18)12-19)13-7-3-2-4-8-13/h2-4,7-8,14-15H,5-6,9-12,18H2,1H3/t14-,15+/m0/s1. The van der Waals surface area contributed by atoms with E-state index in [0.717, 1.165) is 19.4 Å². The van der Waals surface area contributed by atoms with Crippen LogP contribution >= 0.6 is 0 Å². The van der Waals surface area contributed by atoms with Crippen molar-refractivity contribution < 1.29 is 4.79 Å². The van der Waals surface area contributed by atoms with Crippen LogP contribution in [-0.2, 0) is 4.79 Å². The molecular formula is C17H24N2O. The SMILES string of the molecule is CC1(C(=O)N2C[C@@H](N)[C@H](c3ccccc3)C2)CCCC1. The second kappa shape index (κ2) is 5.21. The maximum Gasteiger partial charge on any atom is 0.228 e. The van der Waals surface area contributed by atoms with Crippen LogP contribution in [0.4, 0.5) is 0 Å². The molecule has 1 aromatic carbocycles. The second-order valence-corrected chi connectivity index (χ2v) is 6.66.